The second-order valence-corrected chi connectivity index (χ2v) is 3.69. The molecule has 4 heteroatoms. The van der Waals surface area contributed by atoms with Crippen molar-refractivity contribution in [3.8, 4) is 0 Å². The fourth-order valence-electron chi connectivity index (χ4n) is 1.22. The lowest BCUT2D eigenvalue weighted by Gasteiger charge is -2.17. The van der Waals surface area contributed by atoms with Crippen LogP contribution in [0, 0.1) is 0 Å². The van der Waals surface area contributed by atoms with Gasteiger partial charge in [0.15, 0.2) is 0 Å². The summed E-state index contributed by atoms with van der Waals surface area (Å²) in [4.78, 5) is 11.4. The Morgan fingerprint density at radius 3 is 2.60 bits per heavy atom. The standard InChI is InChI=1S/C11H15NO2S/c1-2-14-11(13)9(12)10(15)8-6-4-3-5-7-8/h3-7,9-10,15H,2,12H2,1H3. The second kappa shape index (κ2) is 5.78. The van der Waals surface area contributed by atoms with Crippen molar-refractivity contribution in [2.75, 3.05) is 6.61 Å². The molecule has 2 atom stereocenters. The minimum atomic E-state index is -0.726. The van der Waals surface area contributed by atoms with Crippen molar-refractivity contribution >= 4 is 18.6 Å². The highest BCUT2D eigenvalue weighted by molar-refractivity contribution is 7.80. The number of carbonyl (C=O) groups excluding carboxylic acids is 1. The SMILES string of the molecule is CCOC(=O)C(N)C(S)c1ccccc1. The number of ether oxygens (including phenoxy) is 1. The molecule has 15 heavy (non-hydrogen) atoms. The van der Waals surface area contributed by atoms with Crippen molar-refractivity contribution in [3.05, 3.63) is 35.9 Å². The molecule has 0 heterocycles. The van der Waals surface area contributed by atoms with Gasteiger partial charge in [0.25, 0.3) is 0 Å². The molecule has 0 aliphatic carbocycles. The first-order valence-corrected chi connectivity index (χ1v) is 5.33. The van der Waals surface area contributed by atoms with Crippen LogP contribution >= 0.6 is 12.6 Å². The van der Waals surface area contributed by atoms with Gasteiger partial charge in [0.1, 0.15) is 6.04 Å². The number of thiol groups is 1. The van der Waals surface area contributed by atoms with Crippen LogP contribution in [-0.2, 0) is 9.53 Å². The number of hydrogen-bond donors (Lipinski definition) is 2. The summed E-state index contributed by atoms with van der Waals surface area (Å²) in [5.41, 5.74) is 6.65. The van der Waals surface area contributed by atoms with Gasteiger partial charge in [-0.3, -0.25) is 4.79 Å². The fourth-order valence-corrected chi connectivity index (χ4v) is 1.52. The molecular weight excluding hydrogens is 210 g/mol. The fraction of sp³-hybridized carbons (Fsp3) is 0.364. The monoisotopic (exact) mass is 225 g/mol. The predicted molar refractivity (Wildman–Crippen MR) is 62.8 cm³/mol. The molecule has 82 valence electrons. The Kier molecular flexibility index (Phi) is 4.65. The van der Waals surface area contributed by atoms with Crippen molar-refractivity contribution in [2.45, 2.75) is 18.2 Å². The zero-order valence-electron chi connectivity index (χ0n) is 8.59. The molecule has 0 aliphatic heterocycles. The first-order chi connectivity index (χ1) is 7.16. The van der Waals surface area contributed by atoms with Crippen LogP contribution in [0.4, 0.5) is 0 Å². The lowest BCUT2D eigenvalue weighted by atomic mass is 10.1. The molecule has 2 N–H and O–H groups in total. The molecule has 0 saturated carbocycles. The topological polar surface area (TPSA) is 52.3 Å². The van der Waals surface area contributed by atoms with Gasteiger partial charge in [-0.2, -0.15) is 12.6 Å². The van der Waals surface area contributed by atoms with Crippen LogP contribution < -0.4 is 5.73 Å². The molecular formula is C11H15NO2S. The number of esters is 1. The number of benzene rings is 1. The van der Waals surface area contributed by atoms with Gasteiger partial charge in [-0.1, -0.05) is 30.3 Å². The van der Waals surface area contributed by atoms with Crippen LogP contribution in [0.1, 0.15) is 17.7 Å². The van der Waals surface area contributed by atoms with Gasteiger partial charge in [-0.05, 0) is 12.5 Å². The Bertz CT molecular complexity index is 316. The zero-order chi connectivity index (χ0) is 11.3. The highest BCUT2D eigenvalue weighted by atomic mass is 32.1. The maximum Gasteiger partial charge on any atom is 0.324 e. The normalized spacial score (nSPS) is 14.3. The van der Waals surface area contributed by atoms with E-state index in [1.807, 2.05) is 30.3 Å². The van der Waals surface area contributed by atoms with Crippen LogP contribution in [0.2, 0.25) is 0 Å². The summed E-state index contributed by atoms with van der Waals surface area (Å²) in [6.07, 6.45) is 0. The highest BCUT2D eigenvalue weighted by Gasteiger charge is 2.23. The Morgan fingerprint density at radius 2 is 2.07 bits per heavy atom. The summed E-state index contributed by atoms with van der Waals surface area (Å²) in [5.74, 6) is -0.415. The van der Waals surface area contributed by atoms with E-state index in [-0.39, 0.29) is 5.25 Å². The molecule has 1 aromatic carbocycles. The van der Waals surface area contributed by atoms with Gasteiger partial charge in [-0.15, -0.1) is 0 Å². The molecule has 2 unspecified atom stereocenters. The van der Waals surface area contributed by atoms with Crippen molar-refractivity contribution < 1.29 is 9.53 Å². The minimum Gasteiger partial charge on any atom is -0.465 e. The van der Waals surface area contributed by atoms with E-state index in [0.29, 0.717) is 6.61 Å². The third kappa shape index (κ3) is 3.25. The summed E-state index contributed by atoms with van der Waals surface area (Å²) < 4.78 is 4.83. The van der Waals surface area contributed by atoms with Gasteiger partial charge in [0.05, 0.1) is 11.9 Å². The third-order valence-electron chi connectivity index (χ3n) is 2.04. The van der Waals surface area contributed by atoms with Crippen LogP contribution in [0.3, 0.4) is 0 Å². The van der Waals surface area contributed by atoms with Crippen LogP contribution in [0.15, 0.2) is 30.3 Å². The molecule has 1 aromatic rings. The van der Waals surface area contributed by atoms with E-state index < -0.39 is 12.0 Å². The number of nitrogens with two attached hydrogens (primary N) is 1. The first-order valence-electron chi connectivity index (χ1n) is 4.82. The number of rotatable bonds is 4. The van der Waals surface area contributed by atoms with Crippen molar-refractivity contribution in [1.29, 1.82) is 0 Å². The van der Waals surface area contributed by atoms with E-state index in [9.17, 15) is 4.79 Å². The highest BCUT2D eigenvalue weighted by Crippen LogP contribution is 2.22. The van der Waals surface area contributed by atoms with E-state index in [1.54, 1.807) is 6.92 Å². The molecule has 0 bridgehead atoms. The predicted octanol–water partition coefficient (Wildman–Crippen LogP) is 1.55. The van der Waals surface area contributed by atoms with Gasteiger partial charge in [0.2, 0.25) is 0 Å². The maximum atomic E-state index is 11.4. The minimum absolute atomic E-state index is 0.328. The summed E-state index contributed by atoms with van der Waals surface area (Å²) in [6.45, 7) is 2.09. The largest absolute Gasteiger partial charge is 0.465 e. The maximum absolute atomic E-state index is 11.4. The Hall–Kier alpha value is -1.00. The average molecular weight is 225 g/mol. The molecule has 0 saturated heterocycles. The molecule has 0 radical (unpaired) electrons. The Labute approximate surface area is 95.0 Å². The molecule has 0 fully saturated rings. The van der Waals surface area contributed by atoms with Crippen molar-refractivity contribution in [3.63, 3.8) is 0 Å². The molecule has 0 spiro atoms. The van der Waals surface area contributed by atoms with Gasteiger partial charge in [-0.25, -0.2) is 0 Å². The average Bonchev–Trinajstić information content (AvgIpc) is 2.28. The second-order valence-electron chi connectivity index (χ2n) is 3.13. The van der Waals surface area contributed by atoms with E-state index in [2.05, 4.69) is 12.6 Å². The van der Waals surface area contributed by atoms with Gasteiger partial charge >= 0.3 is 5.97 Å². The smallest absolute Gasteiger partial charge is 0.324 e. The molecule has 1 rings (SSSR count). The molecule has 0 aliphatic rings. The Morgan fingerprint density at radius 1 is 1.47 bits per heavy atom. The Balaban J connectivity index is 2.68. The zero-order valence-corrected chi connectivity index (χ0v) is 9.48. The van der Waals surface area contributed by atoms with Crippen molar-refractivity contribution in [2.24, 2.45) is 5.73 Å². The lowest BCUT2D eigenvalue weighted by Crippen LogP contribution is -2.36. The van der Waals surface area contributed by atoms with Crippen LogP contribution in [0.5, 0.6) is 0 Å². The summed E-state index contributed by atoms with van der Waals surface area (Å²) in [7, 11) is 0. The van der Waals surface area contributed by atoms with E-state index >= 15 is 0 Å². The quantitative estimate of drug-likeness (QED) is 0.604. The van der Waals surface area contributed by atoms with E-state index in [4.69, 9.17) is 10.5 Å². The van der Waals surface area contributed by atoms with Crippen LogP contribution in [0.25, 0.3) is 0 Å². The molecule has 3 nitrogen and oxygen atoms in total. The van der Waals surface area contributed by atoms with Gasteiger partial charge in [0, 0.05) is 0 Å². The third-order valence-corrected chi connectivity index (χ3v) is 2.66. The molecule has 0 amide bonds. The van der Waals surface area contributed by atoms with E-state index in [1.165, 1.54) is 0 Å². The van der Waals surface area contributed by atoms with Gasteiger partial charge < -0.3 is 10.5 Å². The van der Waals surface area contributed by atoms with Crippen molar-refractivity contribution in [1.82, 2.24) is 0 Å². The number of carbonyl (C=O) groups is 1. The summed E-state index contributed by atoms with van der Waals surface area (Å²) in [5, 5.41) is -0.328. The lowest BCUT2D eigenvalue weighted by molar-refractivity contribution is -0.144. The van der Waals surface area contributed by atoms with E-state index in [0.717, 1.165) is 5.56 Å². The number of hydrogen-bond acceptors (Lipinski definition) is 4. The summed E-state index contributed by atoms with van der Waals surface area (Å²) in [6, 6.07) is 8.72. The first kappa shape index (κ1) is 12.1. The summed E-state index contributed by atoms with van der Waals surface area (Å²) >= 11 is 4.32. The van der Waals surface area contributed by atoms with Crippen LogP contribution in [-0.4, -0.2) is 18.6 Å². The molecule has 0 aromatic heterocycles.